The Morgan fingerprint density at radius 2 is 2.15 bits per heavy atom. The highest BCUT2D eigenvalue weighted by Crippen LogP contribution is 2.07. The number of rotatable bonds is 6. The maximum absolute atomic E-state index is 10.4. The third kappa shape index (κ3) is 8.86. The van der Waals surface area contributed by atoms with Crippen molar-refractivity contribution in [3.8, 4) is 0 Å². The maximum Gasteiger partial charge on any atom is 0.307 e. The summed E-state index contributed by atoms with van der Waals surface area (Å²) < 4.78 is 4.64. The Morgan fingerprint density at radius 1 is 1.46 bits per heavy atom. The number of hydrogen-bond donors (Lipinski definition) is 0. The maximum atomic E-state index is 10.4. The monoisotopic (exact) mass is 182 g/mol. The zero-order valence-corrected chi connectivity index (χ0v) is 8.51. The van der Waals surface area contributed by atoms with Crippen LogP contribution in [0.5, 0.6) is 0 Å². The lowest BCUT2D eigenvalue weighted by Crippen LogP contribution is -1.89. The first-order valence-corrected chi connectivity index (χ1v) is 4.68. The van der Waals surface area contributed by atoms with Crippen LogP contribution in [0, 0.1) is 0 Å². The van der Waals surface area contributed by atoms with Gasteiger partial charge >= 0.3 is 5.97 Å². The Bertz CT molecular complexity index is 192. The quantitative estimate of drug-likeness (QED) is 0.273. The minimum absolute atomic E-state index is 0.294. The average Bonchev–Trinajstić information content (AvgIpc) is 2.04. The van der Waals surface area contributed by atoms with E-state index in [1.54, 1.807) is 6.08 Å². The van der Waals surface area contributed by atoms with Gasteiger partial charge in [0, 0.05) is 6.92 Å². The molecule has 2 heteroatoms. The molecule has 0 aromatic heterocycles. The number of allylic oxidation sites excluding steroid dienone is 2. The summed E-state index contributed by atoms with van der Waals surface area (Å²) in [6.07, 6.45) is 7.71. The topological polar surface area (TPSA) is 26.3 Å². The molecular formula is C11H18O2. The van der Waals surface area contributed by atoms with Crippen LogP contribution in [0.2, 0.25) is 0 Å². The lowest BCUT2D eigenvalue weighted by Gasteiger charge is -1.98. The molecule has 0 N–H and O–H groups in total. The van der Waals surface area contributed by atoms with E-state index in [1.165, 1.54) is 26.0 Å². The van der Waals surface area contributed by atoms with E-state index in [4.69, 9.17) is 0 Å². The summed E-state index contributed by atoms with van der Waals surface area (Å²) in [5.41, 5.74) is 1.01. The molecule has 0 heterocycles. The van der Waals surface area contributed by atoms with Gasteiger partial charge < -0.3 is 4.74 Å². The van der Waals surface area contributed by atoms with Crippen LogP contribution < -0.4 is 0 Å². The van der Waals surface area contributed by atoms with Gasteiger partial charge in [0.2, 0.25) is 0 Å². The van der Waals surface area contributed by atoms with E-state index in [2.05, 4.69) is 18.2 Å². The number of carbonyl (C=O) groups excluding carboxylic acids is 1. The molecule has 0 aliphatic heterocycles. The molecule has 13 heavy (non-hydrogen) atoms. The second-order valence-electron chi connectivity index (χ2n) is 3.03. The standard InChI is InChI=1S/C11H18O2/c1-4-5-6-7-10(2)8-9-13-11(3)12/h8-9H,2,4-7H2,1,3H3/b9-8+. The fourth-order valence-electron chi connectivity index (χ4n) is 0.911. The normalized spacial score (nSPS) is 10.3. The van der Waals surface area contributed by atoms with E-state index in [-0.39, 0.29) is 5.97 Å². The molecule has 0 rings (SSSR count). The third-order valence-corrected chi connectivity index (χ3v) is 1.64. The van der Waals surface area contributed by atoms with Crippen molar-refractivity contribution in [1.29, 1.82) is 0 Å². The summed E-state index contributed by atoms with van der Waals surface area (Å²) in [5, 5.41) is 0. The summed E-state index contributed by atoms with van der Waals surface area (Å²) in [6, 6.07) is 0. The Morgan fingerprint density at radius 3 is 2.69 bits per heavy atom. The van der Waals surface area contributed by atoms with Gasteiger partial charge in [-0.05, 0) is 18.9 Å². The van der Waals surface area contributed by atoms with Gasteiger partial charge in [0.1, 0.15) is 0 Å². The van der Waals surface area contributed by atoms with Crippen molar-refractivity contribution in [3.05, 3.63) is 24.5 Å². The van der Waals surface area contributed by atoms with Gasteiger partial charge in [-0.15, -0.1) is 0 Å². The largest absolute Gasteiger partial charge is 0.435 e. The Labute approximate surface area is 80.3 Å². The molecule has 74 valence electrons. The number of ether oxygens (including phenoxy) is 1. The third-order valence-electron chi connectivity index (χ3n) is 1.64. The van der Waals surface area contributed by atoms with E-state index in [0.717, 1.165) is 18.4 Å². The predicted octanol–water partition coefficient (Wildman–Crippen LogP) is 3.20. The van der Waals surface area contributed by atoms with Gasteiger partial charge in [-0.2, -0.15) is 0 Å². The molecule has 2 nitrogen and oxygen atoms in total. The number of hydrogen-bond acceptors (Lipinski definition) is 2. The number of esters is 1. The van der Waals surface area contributed by atoms with Gasteiger partial charge in [0.05, 0.1) is 6.26 Å². The molecule has 0 fully saturated rings. The van der Waals surface area contributed by atoms with Crippen molar-refractivity contribution in [3.63, 3.8) is 0 Å². The van der Waals surface area contributed by atoms with Crippen molar-refractivity contribution in [1.82, 2.24) is 0 Å². The van der Waals surface area contributed by atoms with Crippen molar-refractivity contribution < 1.29 is 9.53 Å². The van der Waals surface area contributed by atoms with Crippen LogP contribution in [0.25, 0.3) is 0 Å². The van der Waals surface area contributed by atoms with Crippen LogP contribution in [0.1, 0.15) is 39.5 Å². The number of carbonyl (C=O) groups is 1. The van der Waals surface area contributed by atoms with Crippen molar-refractivity contribution in [2.24, 2.45) is 0 Å². The first kappa shape index (κ1) is 11.9. The second-order valence-corrected chi connectivity index (χ2v) is 3.03. The first-order chi connectivity index (χ1) is 6.16. The summed E-state index contributed by atoms with van der Waals surface area (Å²) in [7, 11) is 0. The molecule has 0 radical (unpaired) electrons. The van der Waals surface area contributed by atoms with Crippen LogP contribution in [-0.4, -0.2) is 5.97 Å². The van der Waals surface area contributed by atoms with Gasteiger partial charge in [-0.1, -0.05) is 31.9 Å². The van der Waals surface area contributed by atoms with Crippen molar-refractivity contribution in [2.75, 3.05) is 0 Å². The minimum Gasteiger partial charge on any atom is -0.435 e. The van der Waals surface area contributed by atoms with Gasteiger partial charge in [0.15, 0.2) is 0 Å². The summed E-state index contributed by atoms with van der Waals surface area (Å²) >= 11 is 0. The summed E-state index contributed by atoms with van der Waals surface area (Å²) in [5.74, 6) is -0.294. The van der Waals surface area contributed by atoms with Crippen LogP contribution in [0.4, 0.5) is 0 Å². The first-order valence-electron chi connectivity index (χ1n) is 4.68. The molecule has 0 amide bonds. The molecule has 0 atom stereocenters. The molecule has 0 unspecified atom stereocenters. The van der Waals surface area contributed by atoms with E-state index < -0.39 is 0 Å². The van der Waals surface area contributed by atoms with E-state index in [1.807, 2.05) is 0 Å². The van der Waals surface area contributed by atoms with Gasteiger partial charge in [0.25, 0.3) is 0 Å². The Hall–Kier alpha value is -1.05. The Balaban J connectivity index is 3.49. The molecule has 0 aromatic rings. The molecule has 0 saturated heterocycles. The van der Waals surface area contributed by atoms with Crippen molar-refractivity contribution >= 4 is 5.97 Å². The predicted molar refractivity (Wildman–Crippen MR) is 54.2 cm³/mol. The zero-order chi connectivity index (χ0) is 10.1. The molecule has 0 aliphatic rings. The highest BCUT2D eigenvalue weighted by atomic mass is 16.5. The van der Waals surface area contributed by atoms with Gasteiger partial charge in [-0.25, -0.2) is 0 Å². The van der Waals surface area contributed by atoms with Crippen LogP contribution in [-0.2, 0) is 9.53 Å². The molecule has 0 spiro atoms. The van der Waals surface area contributed by atoms with Crippen molar-refractivity contribution in [2.45, 2.75) is 39.5 Å². The van der Waals surface area contributed by atoms with E-state index >= 15 is 0 Å². The van der Waals surface area contributed by atoms with Crippen LogP contribution >= 0.6 is 0 Å². The number of unbranched alkanes of at least 4 members (excludes halogenated alkanes) is 2. The SMILES string of the molecule is C=C(/C=C/OC(C)=O)CCCCC. The highest BCUT2D eigenvalue weighted by Gasteiger charge is 1.90. The highest BCUT2D eigenvalue weighted by molar-refractivity contribution is 5.66. The Kier molecular flexibility index (Phi) is 6.98. The van der Waals surface area contributed by atoms with Crippen LogP contribution in [0.3, 0.4) is 0 Å². The smallest absolute Gasteiger partial charge is 0.307 e. The van der Waals surface area contributed by atoms with E-state index in [9.17, 15) is 4.79 Å². The lowest BCUT2D eigenvalue weighted by atomic mass is 10.1. The fraction of sp³-hybridized carbons (Fsp3) is 0.545. The summed E-state index contributed by atoms with van der Waals surface area (Å²) in [4.78, 5) is 10.4. The minimum atomic E-state index is -0.294. The average molecular weight is 182 g/mol. The molecular weight excluding hydrogens is 164 g/mol. The molecule has 0 aromatic carbocycles. The summed E-state index contributed by atoms with van der Waals surface area (Å²) in [6.45, 7) is 7.39. The van der Waals surface area contributed by atoms with Gasteiger partial charge in [-0.3, -0.25) is 4.79 Å². The zero-order valence-electron chi connectivity index (χ0n) is 8.51. The molecule has 0 bridgehead atoms. The molecule has 0 aliphatic carbocycles. The second kappa shape index (κ2) is 7.59. The lowest BCUT2D eigenvalue weighted by molar-refractivity contribution is -0.135. The van der Waals surface area contributed by atoms with Crippen LogP contribution in [0.15, 0.2) is 24.5 Å². The molecule has 0 saturated carbocycles. The van der Waals surface area contributed by atoms with E-state index in [0.29, 0.717) is 0 Å². The fourth-order valence-corrected chi connectivity index (χ4v) is 0.911.